The number of sulfonamides is 1. The first kappa shape index (κ1) is 21.6. The molecule has 2 amide bonds. The van der Waals surface area contributed by atoms with E-state index in [0.717, 1.165) is 12.8 Å². The summed E-state index contributed by atoms with van der Waals surface area (Å²) in [6, 6.07) is 16.5. The van der Waals surface area contributed by atoms with Gasteiger partial charge >= 0.3 is 6.03 Å². The number of nitrogens with one attached hydrogen (secondary N) is 1. The lowest BCUT2D eigenvalue weighted by Crippen LogP contribution is -2.54. The molecule has 0 unspecified atom stereocenters. The molecule has 0 aromatic heterocycles. The lowest BCUT2D eigenvalue weighted by atomic mass is 10.1. The molecule has 1 saturated heterocycles. The van der Waals surface area contributed by atoms with Gasteiger partial charge in [0.1, 0.15) is 4.90 Å². The summed E-state index contributed by atoms with van der Waals surface area (Å²) < 4.78 is 27.0. The molecule has 1 aliphatic rings. The van der Waals surface area contributed by atoms with Gasteiger partial charge in [-0.2, -0.15) is 4.31 Å². The van der Waals surface area contributed by atoms with Crippen LogP contribution in [0.25, 0.3) is 0 Å². The van der Waals surface area contributed by atoms with Gasteiger partial charge in [0.25, 0.3) is 0 Å². The summed E-state index contributed by atoms with van der Waals surface area (Å²) in [7, 11) is -3.66. The van der Waals surface area contributed by atoms with E-state index >= 15 is 0 Å². The Bertz CT molecular complexity index is 929. The highest BCUT2D eigenvalue weighted by atomic mass is 35.5. The number of urea groups is 1. The van der Waals surface area contributed by atoms with Gasteiger partial charge in [0.05, 0.1) is 5.02 Å². The maximum atomic E-state index is 12.8. The van der Waals surface area contributed by atoms with Crippen LogP contribution < -0.4 is 5.32 Å². The van der Waals surface area contributed by atoms with E-state index in [0.29, 0.717) is 13.1 Å². The fourth-order valence-electron chi connectivity index (χ4n) is 3.33. The van der Waals surface area contributed by atoms with E-state index in [-0.39, 0.29) is 35.1 Å². The summed E-state index contributed by atoms with van der Waals surface area (Å²) in [6.45, 7) is 3.18. The van der Waals surface area contributed by atoms with Crippen LogP contribution in [0.2, 0.25) is 5.02 Å². The van der Waals surface area contributed by atoms with Crippen LogP contribution in [-0.4, -0.2) is 55.9 Å². The molecule has 8 heteroatoms. The number of carbonyl (C=O) groups excluding carboxylic acids is 1. The topological polar surface area (TPSA) is 69.7 Å². The molecule has 1 aliphatic heterocycles. The Morgan fingerprint density at radius 1 is 1.03 bits per heavy atom. The van der Waals surface area contributed by atoms with Crippen LogP contribution in [0.4, 0.5) is 4.79 Å². The first-order valence-corrected chi connectivity index (χ1v) is 11.5. The zero-order valence-corrected chi connectivity index (χ0v) is 18.0. The van der Waals surface area contributed by atoms with Gasteiger partial charge in [-0.05, 0) is 37.5 Å². The number of carbonyl (C=O) groups is 1. The second-order valence-electron chi connectivity index (χ2n) is 7.20. The van der Waals surface area contributed by atoms with Crippen LogP contribution >= 0.6 is 11.6 Å². The molecule has 2 aromatic rings. The summed E-state index contributed by atoms with van der Waals surface area (Å²) in [5.41, 5.74) is 1.24. The summed E-state index contributed by atoms with van der Waals surface area (Å²) in [6.07, 6.45) is 1.74. The van der Waals surface area contributed by atoms with E-state index < -0.39 is 10.0 Å². The Balaban J connectivity index is 1.50. The molecule has 1 heterocycles. The van der Waals surface area contributed by atoms with Crippen molar-refractivity contribution < 1.29 is 13.2 Å². The zero-order chi connectivity index (χ0) is 20.9. The molecular weight excluding hydrogens is 410 g/mol. The van der Waals surface area contributed by atoms with Gasteiger partial charge in [0, 0.05) is 32.2 Å². The molecule has 2 aromatic carbocycles. The number of benzene rings is 2. The summed E-state index contributed by atoms with van der Waals surface area (Å²) in [5.74, 6) is 0. The van der Waals surface area contributed by atoms with E-state index in [9.17, 15) is 13.2 Å². The molecule has 3 rings (SSSR count). The minimum Gasteiger partial charge on any atom is -0.336 e. The molecular formula is C21H26ClN3O3S. The van der Waals surface area contributed by atoms with Crippen LogP contribution in [0, 0.1) is 0 Å². The number of piperazine rings is 1. The van der Waals surface area contributed by atoms with Gasteiger partial charge in [0.2, 0.25) is 10.0 Å². The molecule has 0 aliphatic carbocycles. The normalized spacial score (nSPS) is 16.4. The van der Waals surface area contributed by atoms with E-state index in [1.807, 2.05) is 25.1 Å². The first-order valence-electron chi connectivity index (χ1n) is 9.72. The van der Waals surface area contributed by atoms with E-state index in [2.05, 4.69) is 17.4 Å². The Labute approximate surface area is 177 Å². The van der Waals surface area contributed by atoms with Gasteiger partial charge in [-0.25, -0.2) is 13.2 Å². The molecule has 0 bridgehead atoms. The molecule has 29 heavy (non-hydrogen) atoms. The lowest BCUT2D eigenvalue weighted by molar-refractivity contribution is 0.169. The standard InChI is InChI=1S/C21H26ClN3O3S/c1-17(11-12-18-7-3-2-4-8-18)23-21(26)24-13-15-25(16-14-24)29(27,28)20-10-6-5-9-19(20)22/h2-10,17H,11-16H2,1H3,(H,23,26)/t17-/m1/s1. The predicted molar refractivity (Wildman–Crippen MR) is 115 cm³/mol. The van der Waals surface area contributed by atoms with E-state index in [1.165, 1.54) is 15.9 Å². The van der Waals surface area contributed by atoms with Crippen molar-refractivity contribution in [2.45, 2.75) is 30.7 Å². The average molecular weight is 436 g/mol. The number of amides is 2. The quantitative estimate of drug-likeness (QED) is 0.756. The minimum atomic E-state index is -3.66. The fraction of sp³-hybridized carbons (Fsp3) is 0.381. The Morgan fingerprint density at radius 3 is 2.31 bits per heavy atom. The van der Waals surface area contributed by atoms with Crippen molar-refractivity contribution in [3.8, 4) is 0 Å². The first-order chi connectivity index (χ1) is 13.9. The number of hydrogen-bond donors (Lipinski definition) is 1. The van der Waals surface area contributed by atoms with Gasteiger partial charge in [-0.1, -0.05) is 54.1 Å². The molecule has 156 valence electrons. The second kappa shape index (κ2) is 9.61. The number of nitrogens with zero attached hydrogens (tertiary/aromatic N) is 2. The van der Waals surface area contributed by atoms with Crippen molar-refractivity contribution in [1.29, 1.82) is 0 Å². The maximum absolute atomic E-state index is 12.8. The predicted octanol–water partition coefficient (Wildman–Crippen LogP) is 3.38. The smallest absolute Gasteiger partial charge is 0.317 e. The van der Waals surface area contributed by atoms with Crippen LogP contribution in [0.5, 0.6) is 0 Å². The van der Waals surface area contributed by atoms with Crippen molar-refractivity contribution in [2.75, 3.05) is 26.2 Å². The fourth-order valence-corrected chi connectivity index (χ4v) is 5.24. The Kier molecular flexibility index (Phi) is 7.16. The van der Waals surface area contributed by atoms with Crippen molar-refractivity contribution in [3.05, 3.63) is 65.2 Å². The van der Waals surface area contributed by atoms with Gasteiger partial charge in [-0.15, -0.1) is 0 Å². The molecule has 1 N–H and O–H groups in total. The lowest BCUT2D eigenvalue weighted by Gasteiger charge is -2.34. The molecule has 0 radical (unpaired) electrons. The third-order valence-corrected chi connectivity index (χ3v) is 7.46. The third kappa shape index (κ3) is 5.50. The molecule has 0 spiro atoms. The number of hydrogen-bond acceptors (Lipinski definition) is 3. The van der Waals surface area contributed by atoms with Crippen molar-refractivity contribution in [2.24, 2.45) is 0 Å². The van der Waals surface area contributed by atoms with Crippen LogP contribution in [0.15, 0.2) is 59.5 Å². The third-order valence-electron chi connectivity index (χ3n) is 5.06. The Morgan fingerprint density at radius 2 is 1.66 bits per heavy atom. The van der Waals surface area contributed by atoms with Crippen LogP contribution in [0.3, 0.4) is 0 Å². The van der Waals surface area contributed by atoms with Crippen LogP contribution in [0.1, 0.15) is 18.9 Å². The maximum Gasteiger partial charge on any atom is 0.317 e. The molecule has 1 fully saturated rings. The van der Waals surface area contributed by atoms with E-state index in [1.54, 1.807) is 23.1 Å². The Hall–Kier alpha value is -2.09. The molecule has 0 saturated carbocycles. The summed E-state index contributed by atoms with van der Waals surface area (Å²) >= 11 is 6.06. The number of halogens is 1. The highest BCUT2D eigenvalue weighted by Gasteiger charge is 2.31. The summed E-state index contributed by atoms with van der Waals surface area (Å²) in [4.78, 5) is 14.3. The molecule has 1 atom stereocenters. The molecule has 6 nitrogen and oxygen atoms in total. The highest BCUT2D eigenvalue weighted by Crippen LogP contribution is 2.25. The monoisotopic (exact) mass is 435 g/mol. The van der Waals surface area contributed by atoms with Crippen molar-refractivity contribution >= 4 is 27.7 Å². The summed E-state index contributed by atoms with van der Waals surface area (Å²) in [5, 5.41) is 3.22. The average Bonchev–Trinajstić information content (AvgIpc) is 2.73. The SMILES string of the molecule is C[C@H](CCc1ccccc1)NC(=O)N1CCN(S(=O)(=O)c2ccccc2Cl)CC1. The highest BCUT2D eigenvalue weighted by molar-refractivity contribution is 7.89. The zero-order valence-electron chi connectivity index (χ0n) is 16.4. The van der Waals surface area contributed by atoms with Gasteiger partial charge in [-0.3, -0.25) is 0 Å². The largest absolute Gasteiger partial charge is 0.336 e. The van der Waals surface area contributed by atoms with Gasteiger partial charge in [0.15, 0.2) is 0 Å². The van der Waals surface area contributed by atoms with Crippen LogP contribution in [-0.2, 0) is 16.4 Å². The van der Waals surface area contributed by atoms with E-state index in [4.69, 9.17) is 11.6 Å². The second-order valence-corrected chi connectivity index (χ2v) is 9.51. The van der Waals surface area contributed by atoms with Crippen molar-refractivity contribution in [3.63, 3.8) is 0 Å². The number of rotatable bonds is 6. The van der Waals surface area contributed by atoms with Crippen molar-refractivity contribution in [1.82, 2.24) is 14.5 Å². The number of aryl methyl sites for hydroxylation is 1. The van der Waals surface area contributed by atoms with Gasteiger partial charge < -0.3 is 10.2 Å². The minimum absolute atomic E-state index is 0.0348.